The maximum absolute atomic E-state index is 11.5. The third-order valence-electron chi connectivity index (χ3n) is 7.39. The van der Waals surface area contributed by atoms with Crippen molar-refractivity contribution in [2.45, 2.75) is 156 Å². The Morgan fingerprint density at radius 2 is 0.691 bits per heavy atom. The number of hydrogen-bond acceptors (Lipinski definition) is 14. The highest BCUT2D eigenvalue weighted by Gasteiger charge is 2.50. The molecule has 23 heteroatoms. The Morgan fingerprint density at radius 1 is 0.382 bits per heavy atom. The van der Waals surface area contributed by atoms with Gasteiger partial charge in [0.2, 0.25) is 0 Å². The summed E-state index contributed by atoms with van der Waals surface area (Å²) in [5.41, 5.74) is 0. The second-order valence-electron chi connectivity index (χ2n) is 18.3. The van der Waals surface area contributed by atoms with Crippen LogP contribution in [-0.4, -0.2) is 139 Å². The van der Waals surface area contributed by atoms with Gasteiger partial charge in [-0.3, -0.25) is 4.79 Å². The van der Waals surface area contributed by atoms with Gasteiger partial charge >= 0.3 is 65.9 Å². The number of rotatable bonds is 32. The van der Waals surface area contributed by atoms with Gasteiger partial charge in [-0.1, -0.05) is 0 Å². The summed E-state index contributed by atoms with van der Waals surface area (Å²) in [5, 5.41) is 17.8. The van der Waals surface area contributed by atoms with Crippen LogP contribution in [0.5, 0.6) is 0 Å². The van der Waals surface area contributed by atoms with Crippen LogP contribution in [0.4, 0.5) is 0 Å². The summed E-state index contributed by atoms with van der Waals surface area (Å²) in [6.07, 6.45) is 2.37. The molecule has 0 atom stereocenters. The molecule has 0 rings (SSSR count). The molecule has 0 aromatic rings. The zero-order chi connectivity index (χ0) is 43.0. The smallest absolute Gasteiger partial charge is 0.314 e. The van der Waals surface area contributed by atoms with Crippen molar-refractivity contribution in [3.63, 3.8) is 0 Å². The van der Waals surface area contributed by atoms with Crippen molar-refractivity contribution in [2.24, 2.45) is 0 Å². The molecule has 0 heterocycles. The minimum absolute atomic E-state index is 0.0220. The standard InChI is InChI=1S/C32H82O14Si9/c1-47(2,30-20-25-36-27-24-34)39-49(5,6)41-51(9,10)43-53(13,14)45-55(17,18)46-54(15,16)44-52(11,12)42-50(7,8)40-48(3,4)31-21-26-37-28-29-38-32(35)22-19-23-33/h33-34H,19-31H2,1-18H3. The number of carbonyl (C=O) groups excluding carboxylic acids is 1. The van der Waals surface area contributed by atoms with Gasteiger partial charge in [0.05, 0.1) is 19.8 Å². The van der Waals surface area contributed by atoms with E-state index in [9.17, 15) is 4.79 Å². The number of hydrogen-bond donors (Lipinski definition) is 2. The van der Waals surface area contributed by atoms with Gasteiger partial charge in [-0.05, 0) is 149 Å². The Kier molecular flexibility index (Phi) is 24.2. The molecule has 0 fully saturated rings. The highest BCUT2D eigenvalue weighted by molar-refractivity contribution is 6.92. The molecule has 0 bridgehead atoms. The molecule has 0 amide bonds. The molecule has 14 nitrogen and oxygen atoms in total. The van der Waals surface area contributed by atoms with Gasteiger partial charge in [0, 0.05) is 26.2 Å². The summed E-state index contributed by atoms with van der Waals surface area (Å²) in [6, 6.07) is 1.86. The van der Waals surface area contributed by atoms with Crippen LogP contribution in [0.3, 0.4) is 0 Å². The van der Waals surface area contributed by atoms with Crippen LogP contribution in [0.2, 0.25) is 130 Å². The van der Waals surface area contributed by atoms with Gasteiger partial charge in [0.1, 0.15) is 6.61 Å². The average molecular weight is 944 g/mol. The first-order valence-electron chi connectivity index (χ1n) is 19.8. The first kappa shape index (κ1) is 55.9. The molecular formula is C32H82O14Si9. The fourth-order valence-corrected chi connectivity index (χ4v) is 52.8. The Balaban J connectivity index is 5.13. The molecular weight excluding hydrogens is 861 g/mol. The van der Waals surface area contributed by atoms with Gasteiger partial charge in [-0.15, -0.1) is 0 Å². The van der Waals surface area contributed by atoms with E-state index in [0.29, 0.717) is 32.8 Å². The molecule has 2 N–H and O–H groups in total. The van der Waals surface area contributed by atoms with E-state index in [0.717, 1.165) is 24.9 Å². The zero-order valence-electron chi connectivity index (χ0n) is 38.0. The number of ether oxygens (including phenoxy) is 3. The molecule has 0 saturated heterocycles. The van der Waals surface area contributed by atoms with Crippen molar-refractivity contribution in [2.75, 3.05) is 46.2 Å². The SMILES string of the molecule is C[Si](C)(CCCOCCO)O[Si](C)(C)O[Si](C)(C)O[Si](C)(C)O[Si](C)(C)O[Si](C)(C)O[Si](C)(C)O[Si](C)(C)O[Si](C)(C)CCCOCCOC(=O)CCCO. The van der Waals surface area contributed by atoms with Crippen molar-refractivity contribution < 1.29 is 62.1 Å². The summed E-state index contributed by atoms with van der Waals surface area (Å²) in [7, 11) is -22.6. The Morgan fingerprint density at radius 3 is 1.00 bits per heavy atom. The monoisotopic (exact) mass is 942 g/mol. The predicted octanol–water partition coefficient (Wildman–Crippen LogP) is 7.56. The van der Waals surface area contributed by atoms with Gasteiger partial charge < -0.3 is 57.3 Å². The fourth-order valence-electron chi connectivity index (χ4n) is 7.11. The highest BCUT2D eigenvalue weighted by atomic mass is 28.5. The summed E-state index contributed by atoms with van der Waals surface area (Å²) < 4.78 is 70.3. The zero-order valence-corrected chi connectivity index (χ0v) is 47.0. The van der Waals surface area contributed by atoms with E-state index >= 15 is 0 Å². The van der Waals surface area contributed by atoms with E-state index < -0.39 is 76.6 Å². The number of esters is 1. The Hall–Kier alpha value is 0.942. The fraction of sp³-hybridized carbons (Fsp3) is 0.969. The van der Waals surface area contributed by atoms with Crippen LogP contribution in [0, 0.1) is 0 Å². The molecule has 0 aromatic heterocycles. The number of aliphatic hydroxyl groups excluding tert-OH is 2. The van der Waals surface area contributed by atoms with Crippen LogP contribution in [0.1, 0.15) is 25.7 Å². The normalized spacial score (nSPS) is 14.5. The second-order valence-corrected chi connectivity index (χ2v) is 52.5. The summed E-state index contributed by atoms with van der Waals surface area (Å²) >= 11 is 0. The maximum atomic E-state index is 11.5. The first-order valence-corrected chi connectivity index (χ1v) is 45.8. The van der Waals surface area contributed by atoms with Gasteiger partial charge in [0.25, 0.3) is 0 Å². The lowest BCUT2D eigenvalue weighted by Gasteiger charge is -2.44. The van der Waals surface area contributed by atoms with Crippen LogP contribution in [0.15, 0.2) is 0 Å². The molecule has 0 saturated carbocycles. The molecule has 330 valence electrons. The largest absolute Gasteiger partial charge is 0.463 e. The van der Waals surface area contributed by atoms with Crippen molar-refractivity contribution in [1.29, 1.82) is 0 Å². The molecule has 0 aromatic carbocycles. The van der Waals surface area contributed by atoms with Crippen molar-refractivity contribution in [1.82, 2.24) is 0 Å². The lowest BCUT2D eigenvalue weighted by atomic mass is 10.3. The van der Waals surface area contributed by atoms with E-state index in [1.165, 1.54) is 0 Å². The maximum Gasteiger partial charge on any atom is 0.314 e. The Labute approximate surface area is 344 Å². The van der Waals surface area contributed by atoms with E-state index in [1.54, 1.807) is 0 Å². The molecule has 55 heavy (non-hydrogen) atoms. The molecule has 0 aliphatic rings. The van der Waals surface area contributed by atoms with Crippen molar-refractivity contribution in [3.8, 4) is 0 Å². The van der Waals surface area contributed by atoms with E-state index in [1.807, 2.05) is 0 Å². The molecule has 0 spiro atoms. The summed E-state index contributed by atoms with van der Waals surface area (Å²) in [5.74, 6) is -0.314. The molecule has 0 radical (unpaired) electrons. The van der Waals surface area contributed by atoms with Gasteiger partial charge in [-0.25, -0.2) is 0 Å². The number of carbonyl (C=O) groups is 1. The second kappa shape index (κ2) is 23.8. The quantitative estimate of drug-likeness (QED) is 0.0387. The Bertz CT molecular complexity index is 1110. The van der Waals surface area contributed by atoms with Gasteiger partial charge in [-0.2, -0.15) is 0 Å². The summed E-state index contributed by atoms with van der Waals surface area (Å²) in [4.78, 5) is 11.5. The minimum Gasteiger partial charge on any atom is -0.463 e. The highest BCUT2D eigenvalue weighted by Crippen LogP contribution is 2.31. The van der Waals surface area contributed by atoms with Crippen LogP contribution >= 0.6 is 0 Å². The van der Waals surface area contributed by atoms with Crippen molar-refractivity contribution in [3.05, 3.63) is 0 Å². The lowest BCUT2D eigenvalue weighted by molar-refractivity contribution is -0.145. The van der Waals surface area contributed by atoms with Crippen LogP contribution < -0.4 is 0 Å². The average Bonchev–Trinajstić information content (AvgIpc) is 2.89. The van der Waals surface area contributed by atoms with E-state index in [-0.39, 0.29) is 32.2 Å². The summed E-state index contributed by atoms with van der Waals surface area (Å²) in [6.45, 7) is 40.0. The van der Waals surface area contributed by atoms with E-state index in [2.05, 4.69) is 118 Å². The molecule has 0 aliphatic heterocycles. The molecule has 0 unspecified atom stereocenters. The van der Waals surface area contributed by atoms with Crippen LogP contribution in [0.25, 0.3) is 0 Å². The van der Waals surface area contributed by atoms with E-state index in [4.69, 9.17) is 57.3 Å². The third-order valence-corrected chi connectivity index (χ3v) is 42.5. The predicted molar refractivity (Wildman–Crippen MR) is 241 cm³/mol. The third kappa shape index (κ3) is 29.8. The lowest BCUT2D eigenvalue weighted by Crippen LogP contribution is -2.62. The minimum atomic E-state index is -2.72. The molecule has 0 aliphatic carbocycles. The van der Waals surface area contributed by atoms with Crippen LogP contribution in [-0.2, 0) is 51.9 Å². The first-order chi connectivity index (χ1) is 24.7. The number of aliphatic hydroxyl groups is 2. The van der Waals surface area contributed by atoms with Gasteiger partial charge in [0.15, 0.2) is 16.6 Å². The topological polar surface area (TPSA) is 159 Å². The van der Waals surface area contributed by atoms with Crippen molar-refractivity contribution >= 4 is 82.5 Å².